The van der Waals surface area contributed by atoms with Crippen LogP contribution in [0.1, 0.15) is 39.1 Å². The van der Waals surface area contributed by atoms with E-state index in [1.165, 1.54) is 16.1 Å². The molecule has 0 saturated heterocycles. The Labute approximate surface area is 120 Å². The molecule has 2 rings (SSSR count). The number of aromatic nitrogens is 1. The third kappa shape index (κ3) is 3.34. The zero-order valence-corrected chi connectivity index (χ0v) is 13.2. The maximum atomic E-state index is 4.76. The molecule has 0 saturated carbocycles. The molecule has 0 fully saturated rings. The summed E-state index contributed by atoms with van der Waals surface area (Å²) in [4.78, 5) is 4.76. The van der Waals surface area contributed by atoms with E-state index in [0.717, 1.165) is 18.5 Å². The van der Waals surface area contributed by atoms with E-state index in [2.05, 4.69) is 57.3 Å². The fourth-order valence-electron chi connectivity index (χ4n) is 2.30. The Bertz CT molecular complexity index is 497. The molecule has 104 valence electrons. The Kier molecular flexibility index (Phi) is 4.58. The van der Waals surface area contributed by atoms with Gasteiger partial charge < -0.3 is 5.32 Å². The summed E-state index contributed by atoms with van der Waals surface area (Å²) < 4.78 is 1.29. The molecular formula is C16H24N2S. The second-order valence-corrected chi connectivity index (χ2v) is 6.85. The average Bonchev–Trinajstić information content (AvgIpc) is 2.80. The lowest BCUT2D eigenvalue weighted by molar-refractivity contribution is 0.232. The van der Waals surface area contributed by atoms with Crippen LogP contribution in [-0.2, 0) is 6.42 Å². The standard InChI is InChI=1S/C16H24N2S/c1-5-16(3,4)14(17-6-2)11-15-18-12-9-7-8-10-13(12)19-15/h7-10,14,17H,5-6,11H2,1-4H3. The van der Waals surface area contributed by atoms with Gasteiger partial charge in [-0.2, -0.15) is 0 Å². The van der Waals surface area contributed by atoms with E-state index in [0.29, 0.717) is 11.5 Å². The van der Waals surface area contributed by atoms with Crippen molar-refractivity contribution in [3.8, 4) is 0 Å². The van der Waals surface area contributed by atoms with Crippen LogP contribution in [0, 0.1) is 5.41 Å². The number of hydrogen-bond donors (Lipinski definition) is 1. The number of nitrogens with zero attached hydrogens (tertiary/aromatic N) is 1. The fourth-order valence-corrected chi connectivity index (χ4v) is 3.31. The first-order valence-corrected chi connectivity index (χ1v) is 7.96. The molecule has 0 aliphatic heterocycles. The summed E-state index contributed by atoms with van der Waals surface area (Å²) in [5, 5.41) is 4.88. The minimum absolute atomic E-state index is 0.299. The van der Waals surface area contributed by atoms with Crippen molar-refractivity contribution in [2.45, 2.75) is 46.6 Å². The highest BCUT2D eigenvalue weighted by Gasteiger charge is 2.28. The normalized spacial score (nSPS) is 13.9. The van der Waals surface area contributed by atoms with Crippen LogP contribution in [0.5, 0.6) is 0 Å². The number of hydrogen-bond acceptors (Lipinski definition) is 3. The molecule has 0 aliphatic carbocycles. The van der Waals surface area contributed by atoms with Gasteiger partial charge in [0.1, 0.15) is 0 Å². The molecule has 1 N–H and O–H groups in total. The number of rotatable bonds is 6. The van der Waals surface area contributed by atoms with E-state index < -0.39 is 0 Å². The Morgan fingerprint density at radius 3 is 2.63 bits per heavy atom. The van der Waals surface area contributed by atoms with Crippen molar-refractivity contribution in [2.24, 2.45) is 5.41 Å². The second kappa shape index (κ2) is 6.02. The van der Waals surface area contributed by atoms with Gasteiger partial charge in [-0.15, -0.1) is 11.3 Å². The Hall–Kier alpha value is -0.930. The average molecular weight is 276 g/mol. The van der Waals surface area contributed by atoms with Crippen molar-refractivity contribution in [1.29, 1.82) is 0 Å². The zero-order valence-electron chi connectivity index (χ0n) is 12.4. The van der Waals surface area contributed by atoms with E-state index in [9.17, 15) is 0 Å². The van der Waals surface area contributed by atoms with E-state index in [1.807, 2.05) is 11.3 Å². The smallest absolute Gasteiger partial charge is 0.0954 e. The predicted octanol–water partition coefficient (Wildman–Crippen LogP) is 4.25. The van der Waals surface area contributed by atoms with Gasteiger partial charge in [-0.3, -0.25) is 0 Å². The van der Waals surface area contributed by atoms with Crippen LogP contribution in [0.4, 0.5) is 0 Å². The van der Waals surface area contributed by atoms with E-state index in [1.54, 1.807) is 0 Å². The number of benzene rings is 1. The van der Waals surface area contributed by atoms with Crippen LogP contribution in [-0.4, -0.2) is 17.6 Å². The number of likely N-dealkylation sites (N-methyl/N-ethyl adjacent to an activating group) is 1. The van der Waals surface area contributed by atoms with Gasteiger partial charge in [-0.05, 0) is 30.5 Å². The van der Waals surface area contributed by atoms with Crippen molar-refractivity contribution in [2.75, 3.05) is 6.54 Å². The maximum absolute atomic E-state index is 4.76. The molecule has 0 spiro atoms. The molecule has 1 aromatic carbocycles. The summed E-state index contributed by atoms with van der Waals surface area (Å²) in [7, 11) is 0. The summed E-state index contributed by atoms with van der Waals surface area (Å²) in [6.07, 6.45) is 2.20. The van der Waals surface area contributed by atoms with Crippen molar-refractivity contribution in [1.82, 2.24) is 10.3 Å². The Balaban J connectivity index is 2.21. The highest BCUT2D eigenvalue weighted by Crippen LogP contribution is 2.30. The van der Waals surface area contributed by atoms with Crippen LogP contribution in [0.3, 0.4) is 0 Å². The Morgan fingerprint density at radius 1 is 1.26 bits per heavy atom. The van der Waals surface area contributed by atoms with Gasteiger partial charge in [0, 0.05) is 12.5 Å². The molecule has 1 aromatic heterocycles. The molecule has 0 bridgehead atoms. The van der Waals surface area contributed by atoms with E-state index in [4.69, 9.17) is 4.98 Å². The van der Waals surface area contributed by atoms with Crippen molar-refractivity contribution >= 4 is 21.6 Å². The van der Waals surface area contributed by atoms with Gasteiger partial charge >= 0.3 is 0 Å². The van der Waals surface area contributed by atoms with Crippen LogP contribution in [0.25, 0.3) is 10.2 Å². The van der Waals surface area contributed by atoms with Crippen LogP contribution < -0.4 is 5.32 Å². The molecule has 1 heterocycles. The zero-order chi connectivity index (χ0) is 13.9. The van der Waals surface area contributed by atoms with Crippen molar-refractivity contribution in [3.05, 3.63) is 29.3 Å². The van der Waals surface area contributed by atoms with Crippen LogP contribution >= 0.6 is 11.3 Å². The lowest BCUT2D eigenvalue weighted by atomic mass is 9.80. The first kappa shape index (κ1) is 14.5. The van der Waals surface area contributed by atoms with Gasteiger partial charge in [0.25, 0.3) is 0 Å². The highest BCUT2D eigenvalue weighted by atomic mass is 32.1. The molecule has 1 atom stereocenters. The first-order chi connectivity index (χ1) is 9.06. The molecule has 0 amide bonds. The fraction of sp³-hybridized carbons (Fsp3) is 0.562. The van der Waals surface area contributed by atoms with Crippen molar-refractivity contribution < 1.29 is 0 Å². The molecule has 0 aliphatic rings. The maximum Gasteiger partial charge on any atom is 0.0954 e. The SMILES string of the molecule is CCNC(Cc1nc2ccccc2s1)C(C)(C)CC. The first-order valence-electron chi connectivity index (χ1n) is 7.14. The summed E-state index contributed by atoms with van der Waals surface area (Å²) >= 11 is 1.83. The summed E-state index contributed by atoms with van der Waals surface area (Å²) in [6, 6.07) is 8.89. The van der Waals surface area contributed by atoms with E-state index >= 15 is 0 Å². The minimum atomic E-state index is 0.299. The van der Waals surface area contributed by atoms with Crippen LogP contribution in [0.15, 0.2) is 24.3 Å². The third-order valence-corrected chi connectivity index (χ3v) is 5.08. The predicted molar refractivity (Wildman–Crippen MR) is 84.9 cm³/mol. The molecule has 3 heteroatoms. The van der Waals surface area contributed by atoms with Gasteiger partial charge in [-0.1, -0.05) is 39.8 Å². The molecule has 2 nitrogen and oxygen atoms in total. The second-order valence-electron chi connectivity index (χ2n) is 5.73. The largest absolute Gasteiger partial charge is 0.313 e. The molecule has 0 radical (unpaired) electrons. The topological polar surface area (TPSA) is 24.9 Å². The van der Waals surface area contributed by atoms with Crippen molar-refractivity contribution in [3.63, 3.8) is 0 Å². The quantitative estimate of drug-likeness (QED) is 0.853. The van der Waals surface area contributed by atoms with Gasteiger partial charge in [-0.25, -0.2) is 4.98 Å². The molecule has 19 heavy (non-hydrogen) atoms. The third-order valence-electron chi connectivity index (χ3n) is 4.02. The lowest BCUT2D eigenvalue weighted by Gasteiger charge is -2.33. The lowest BCUT2D eigenvalue weighted by Crippen LogP contribution is -2.43. The number of para-hydroxylation sites is 1. The minimum Gasteiger partial charge on any atom is -0.313 e. The number of thiazole rings is 1. The van der Waals surface area contributed by atoms with Gasteiger partial charge in [0.15, 0.2) is 0 Å². The highest BCUT2D eigenvalue weighted by molar-refractivity contribution is 7.18. The molecule has 2 aromatic rings. The number of nitrogens with one attached hydrogen (secondary N) is 1. The van der Waals surface area contributed by atoms with Crippen LogP contribution in [0.2, 0.25) is 0 Å². The molecule has 1 unspecified atom stereocenters. The van der Waals surface area contributed by atoms with E-state index in [-0.39, 0.29) is 0 Å². The number of fused-ring (bicyclic) bond motifs is 1. The monoisotopic (exact) mass is 276 g/mol. The summed E-state index contributed by atoms with van der Waals surface area (Å²) in [6.45, 7) is 10.1. The van der Waals surface area contributed by atoms with Gasteiger partial charge in [0.2, 0.25) is 0 Å². The Morgan fingerprint density at radius 2 is 2.00 bits per heavy atom. The molecular weight excluding hydrogens is 252 g/mol. The summed E-state index contributed by atoms with van der Waals surface area (Å²) in [5.41, 5.74) is 1.43. The van der Waals surface area contributed by atoms with Gasteiger partial charge in [0.05, 0.1) is 15.2 Å². The summed E-state index contributed by atoms with van der Waals surface area (Å²) in [5.74, 6) is 0.